The third kappa shape index (κ3) is 3.42. The summed E-state index contributed by atoms with van der Waals surface area (Å²) in [5.41, 5.74) is -1.15. The molecule has 0 saturated carbocycles. The van der Waals surface area contributed by atoms with E-state index in [1.54, 1.807) is 6.92 Å². The average Bonchev–Trinajstić information content (AvgIpc) is 2.42. The number of hydrogen-bond donors (Lipinski definition) is 2. The first-order valence-electron chi connectivity index (χ1n) is 6.24. The second-order valence-corrected chi connectivity index (χ2v) is 4.80. The molecule has 7 heteroatoms. The van der Waals surface area contributed by atoms with Gasteiger partial charge in [-0.2, -0.15) is 13.2 Å². The molecule has 0 aliphatic rings. The smallest absolute Gasteiger partial charge is 0.384 e. The number of rotatable bonds is 4. The van der Waals surface area contributed by atoms with E-state index in [9.17, 15) is 22.8 Å². The number of carbonyl (C=O) groups is 1. The van der Waals surface area contributed by atoms with Gasteiger partial charge in [0.25, 0.3) is 0 Å². The first-order chi connectivity index (χ1) is 9.81. The fraction of sp³-hybridized carbons (Fsp3) is 0.286. The van der Waals surface area contributed by atoms with E-state index >= 15 is 0 Å². The average molecular weight is 298 g/mol. The minimum atomic E-state index is -4.59. The van der Waals surface area contributed by atoms with Crippen LogP contribution < -0.4 is 10.9 Å². The number of anilines is 1. The van der Waals surface area contributed by atoms with E-state index in [4.69, 9.17) is 0 Å². The molecule has 1 heterocycles. The summed E-state index contributed by atoms with van der Waals surface area (Å²) in [5.74, 6) is -0.221. The highest BCUT2D eigenvalue weighted by Gasteiger charge is 2.33. The number of benzene rings is 1. The highest BCUT2D eigenvalue weighted by Crippen LogP contribution is 2.33. The van der Waals surface area contributed by atoms with Gasteiger partial charge >= 0.3 is 6.18 Å². The molecule has 0 aliphatic carbocycles. The summed E-state index contributed by atoms with van der Waals surface area (Å²) in [6, 6.07) is 4.74. The van der Waals surface area contributed by atoms with Crippen molar-refractivity contribution in [2.75, 3.05) is 11.9 Å². The Labute approximate surface area is 118 Å². The van der Waals surface area contributed by atoms with Gasteiger partial charge in [0.1, 0.15) is 6.29 Å². The first-order valence-corrected chi connectivity index (χ1v) is 6.24. The van der Waals surface area contributed by atoms with E-state index in [-0.39, 0.29) is 16.8 Å². The van der Waals surface area contributed by atoms with Crippen LogP contribution in [0, 0.1) is 5.92 Å². The van der Waals surface area contributed by atoms with Crippen LogP contribution in [0.5, 0.6) is 0 Å². The molecule has 0 saturated heterocycles. The zero-order chi connectivity index (χ0) is 15.6. The number of fused-ring (bicyclic) bond motifs is 1. The lowest BCUT2D eigenvalue weighted by atomic mass is 10.1. The number of aldehydes is 1. The van der Waals surface area contributed by atoms with Crippen LogP contribution in [-0.2, 0) is 11.0 Å². The lowest BCUT2D eigenvalue weighted by molar-refractivity contribution is -0.136. The fourth-order valence-electron chi connectivity index (χ4n) is 1.93. The molecule has 0 aliphatic heterocycles. The zero-order valence-corrected chi connectivity index (χ0v) is 11.1. The molecule has 2 rings (SSSR count). The molecule has 2 aromatic rings. The van der Waals surface area contributed by atoms with Crippen LogP contribution in [0.4, 0.5) is 18.9 Å². The van der Waals surface area contributed by atoms with Gasteiger partial charge in [0.05, 0.1) is 11.1 Å². The zero-order valence-electron chi connectivity index (χ0n) is 11.1. The molecule has 0 spiro atoms. The van der Waals surface area contributed by atoms with Gasteiger partial charge in [0, 0.05) is 29.6 Å². The molecule has 0 radical (unpaired) electrons. The van der Waals surface area contributed by atoms with Gasteiger partial charge in [-0.25, -0.2) is 0 Å². The Balaban J connectivity index is 2.44. The predicted octanol–water partition coefficient (Wildman–Crippen LogP) is 2.79. The lowest BCUT2D eigenvalue weighted by Crippen LogP contribution is -2.15. The molecule has 1 aromatic heterocycles. The number of aromatic nitrogens is 1. The third-order valence-corrected chi connectivity index (χ3v) is 3.01. The quantitative estimate of drug-likeness (QED) is 0.853. The number of hydrogen-bond acceptors (Lipinski definition) is 3. The molecular weight excluding hydrogens is 285 g/mol. The largest absolute Gasteiger partial charge is 0.417 e. The molecular formula is C14H13F3N2O2. The summed E-state index contributed by atoms with van der Waals surface area (Å²) < 4.78 is 38.7. The summed E-state index contributed by atoms with van der Waals surface area (Å²) in [6.07, 6.45) is -3.81. The SMILES string of the molecule is CC(C=O)CNc1ccc2c(C(F)(F)F)cc(=O)[nH]c2c1. The molecule has 0 amide bonds. The van der Waals surface area contributed by atoms with Crippen LogP contribution in [0.1, 0.15) is 12.5 Å². The van der Waals surface area contributed by atoms with Crippen LogP contribution in [0.25, 0.3) is 10.9 Å². The van der Waals surface area contributed by atoms with Gasteiger partial charge in [-0.15, -0.1) is 0 Å². The molecule has 1 aromatic carbocycles. The second-order valence-electron chi connectivity index (χ2n) is 4.80. The van der Waals surface area contributed by atoms with Crippen molar-refractivity contribution in [1.29, 1.82) is 0 Å². The Bertz CT molecular complexity index is 722. The van der Waals surface area contributed by atoms with Gasteiger partial charge in [-0.1, -0.05) is 13.0 Å². The number of carbonyl (C=O) groups excluding carboxylic acids is 1. The fourth-order valence-corrected chi connectivity index (χ4v) is 1.93. The summed E-state index contributed by atoms with van der Waals surface area (Å²) >= 11 is 0. The van der Waals surface area contributed by atoms with Crippen LogP contribution in [0.3, 0.4) is 0 Å². The van der Waals surface area contributed by atoms with Crippen molar-refractivity contribution in [3.8, 4) is 0 Å². The number of nitrogens with one attached hydrogen (secondary N) is 2. The Kier molecular flexibility index (Phi) is 4.02. The molecule has 112 valence electrons. The molecule has 1 unspecified atom stereocenters. The minimum absolute atomic E-state index is 0.0731. The normalized spacial score (nSPS) is 13.1. The topological polar surface area (TPSA) is 62.0 Å². The summed E-state index contributed by atoms with van der Waals surface area (Å²) in [6.45, 7) is 2.07. The van der Waals surface area contributed by atoms with Gasteiger partial charge in [-0.3, -0.25) is 4.79 Å². The Morgan fingerprint density at radius 2 is 2.05 bits per heavy atom. The van der Waals surface area contributed by atoms with Crippen molar-refractivity contribution in [1.82, 2.24) is 4.98 Å². The van der Waals surface area contributed by atoms with Crippen LogP contribution in [0.2, 0.25) is 0 Å². The Hall–Kier alpha value is -2.31. The predicted molar refractivity (Wildman–Crippen MR) is 73.3 cm³/mol. The van der Waals surface area contributed by atoms with E-state index < -0.39 is 17.3 Å². The van der Waals surface area contributed by atoms with Crippen molar-refractivity contribution in [3.63, 3.8) is 0 Å². The van der Waals surface area contributed by atoms with E-state index in [1.165, 1.54) is 18.2 Å². The summed E-state index contributed by atoms with van der Waals surface area (Å²) in [5, 5.41) is 2.86. The molecule has 21 heavy (non-hydrogen) atoms. The van der Waals surface area contributed by atoms with Gasteiger partial charge < -0.3 is 15.1 Å². The van der Waals surface area contributed by atoms with Crippen molar-refractivity contribution >= 4 is 22.9 Å². The number of H-pyrrole nitrogens is 1. The van der Waals surface area contributed by atoms with E-state index in [1.807, 2.05) is 0 Å². The monoisotopic (exact) mass is 298 g/mol. The maximum Gasteiger partial charge on any atom is 0.417 e. The van der Waals surface area contributed by atoms with Crippen molar-refractivity contribution < 1.29 is 18.0 Å². The number of halogens is 3. The maximum absolute atomic E-state index is 12.9. The number of aromatic amines is 1. The Morgan fingerprint density at radius 1 is 1.33 bits per heavy atom. The summed E-state index contributed by atoms with van der Waals surface area (Å²) in [4.78, 5) is 24.3. The van der Waals surface area contributed by atoms with E-state index in [2.05, 4.69) is 10.3 Å². The van der Waals surface area contributed by atoms with Gasteiger partial charge in [0.15, 0.2) is 0 Å². The Morgan fingerprint density at radius 3 is 2.67 bits per heavy atom. The van der Waals surface area contributed by atoms with Gasteiger partial charge in [-0.05, 0) is 12.1 Å². The molecule has 1 atom stereocenters. The van der Waals surface area contributed by atoms with Crippen molar-refractivity contribution in [2.24, 2.45) is 5.92 Å². The molecule has 2 N–H and O–H groups in total. The standard InChI is InChI=1S/C14H13F3N2O2/c1-8(7-20)6-18-9-2-3-10-11(14(15,16)17)5-13(21)19-12(10)4-9/h2-5,7-8,18H,6H2,1H3,(H,19,21). The van der Waals surface area contributed by atoms with E-state index in [0.29, 0.717) is 18.3 Å². The molecule has 0 bridgehead atoms. The van der Waals surface area contributed by atoms with Crippen LogP contribution >= 0.6 is 0 Å². The first kappa shape index (κ1) is 15.1. The highest BCUT2D eigenvalue weighted by atomic mass is 19.4. The summed E-state index contributed by atoms with van der Waals surface area (Å²) in [7, 11) is 0. The van der Waals surface area contributed by atoms with Crippen molar-refractivity contribution in [2.45, 2.75) is 13.1 Å². The van der Waals surface area contributed by atoms with Crippen LogP contribution in [-0.4, -0.2) is 17.8 Å². The molecule has 4 nitrogen and oxygen atoms in total. The highest BCUT2D eigenvalue weighted by molar-refractivity contribution is 5.85. The van der Waals surface area contributed by atoms with Gasteiger partial charge in [0.2, 0.25) is 5.56 Å². The number of alkyl halides is 3. The third-order valence-electron chi connectivity index (χ3n) is 3.01. The van der Waals surface area contributed by atoms with Crippen LogP contribution in [0.15, 0.2) is 29.1 Å². The molecule has 0 fully saturated rings. The minimum Gasteiger partial charge on any atom is -0.384 e. The number of pyridine rings is 1. The van der Waals surface area contributed by atoms with E-state index in [0.717, 1.165) is 6.29 Å². The maximum atomic E-state index is 12.9. The second kappa shape index (κ2) is 5.59. The van der Waals surface area contributed by atoms with Crippen molar-refractivity contribution in [3.05, 3.63) is 40.2 Å². The lowest BCUT2D eigenvalue weighted by Gasteiger charge is -2.12.